The fraction of sp³-hybridized carbons (Fsp3) is 0.389. The van der Waals surface area contributed by atoms with Crippen molar-refractivity contribution in [1.82, 2.24) is 53.5 Å². The molecule has 590 valence electrons. The second-order valence-electron chi connectivity index (χ2n) is 28.0. The van der Waals surface area contributed by atoms with Crippen molar-refractivity contribution in [3.63, 3.8) is 0 Å². The number of hydrogen-bond donors (Lipinski definition) is 6. The van der Waals surface area contributed by atoms with Gasteiger partial charge >= 0.3 is 12.4 Å². The number of nitrogens with one attached hydrogen (secondary N) is 6. The molecule has 111 heavy (non-hydrogen) atoms. The van der Waals surface area contributed by atoms with Gasteiger partial charge in [-0.1, -0.05) is 52.0 Å². The van der Waals surface area contributed by atoms with Gasteiger partial charge in [0.05, 0.1) is 72.6 Å². The predicted molar refractivity (Wildman–Crippen MR) is 405 cm³/mol. The molecule has 12 heterocycles. The van der Waals surface area contributed by atoms with Crippen LogP contribution in [0.1, 0.15) is 156 Å². The number of aromatic nitrogens is 6. The van der Waals surface area contributed by atoms with Crippen molar-refractivity contribution >= 4 is 86.9 Å². The fourth-order valence-electron chi connectivity index (χ4n) is 14.8. The molecule has 2 saturated carbocycles. The summed E-state index contributed by atoms with van der Waals surface area (Å²) in [7, 11) is -19.5. The van der Waals surface area contributed by atoms with Crippen molar-refractivity contribution < 1.29 is 72.8 Å². The van der Waals surface area contributed by atoms with E-state index in [0.717, 1.165) is 41.0 Å². The first-order valence-electron chi connectivity index (χ1n) is 34.9. The van der Waals surface area contributed by atoms with Crippen LogP contribution < -0.4 is 23.6 Å². The maximum Gasteiger partial charge on any atom is 0.404 e. The molecule has 2 fully saturated rings. The lowest BCUT2D eigenvalue weighted by Gasteiger charge is -2.42. The third-order valence-electron chi connectivity index (χ3n) is 20.3. The minimum absolute atomic E-state index is 0.0169. The van der Waals surface area contributed by atoms with Gasteiger partial charge in [-0.2, -0.15) is 31.1 Å². The average molecular weight is 1650 g/mol. The van der Waals surface area contributed by atoms with Crippen molar-refractivity contribution in [1.29, 1.82) is 0 Å². The van der Waals surface area contributed by atoms with E-state index in [2.05, 4.69) is 89.8 Å². The van der Waals surface area contributed by atoms with Crippen LogP contribution in [0.4, 0.5) is 26.3 Å². The number of aliphatic imine (C=N–C) groups is 5. The van der Waals surface area contributed by atoms with E-state index in [1.807, 2.05) is 48.9 Å². The first kappa shape index (κ1) is 81.8. The van der Waals surface area contributed by atoms with Crippen molar-refractivity contribution in [2.75, 3.05) is 6.54 Å². The summed E-state index contributed by atoms with van der Waals surface area (Å²) in [5.41, 5.74) is 8.14. The Bertz CT molecular complexity index is 5630. The van der Waals surface area contributed by atoms with E-state index in [4.69, 9.17) is 16.0 Å². The number of fused-ring (bicyclic) bond motifs is 8. The van der Waals surface area contributed by atoms with Gasteiger partial charge in [-0.05, 0) is 153 Å². The summed E-state index contributed by atoms with van der Waals surface area (Å²) >= 11 is 6.38. The van der Waals surface area contributed by atoms with Gasteiger partial charge in [-0.3, -0.25) is 49.9 Å². The normalized spacial score (nSPS) is 20.9. The molecule has 16 rings (SSSR count). The Balaban J connectivity index is 0.000000129. The number of H-pyrrole nitrogens is 1. The first-order chi connectivity index (χ1) is 52.3. The molecule has 7 atom stereocenters. The number of hydrogen-bond acceptors (Lipinski definition) is 21. The van der Waals surface area contributed by atoms with Gasteiger partial charge in [0.25, 0.3) is 50.1 Å². The number of furan rings is 1. The molecule has 8 aliphatic rings. The highest BCUT2D eigenvalue weighted by Gasteiger charge is 2.61. The van der Waals surface area contributed by atoms with Crippen LogP contribution in [0, 0.1) is 30.6 Å². The van der Waals surface area contributed by atoms with Gasteiger partial charge in [-0.25, -0.2) is 61.0 Å². The van der Waals surface area contributed by atoms with E-state index in [1.54, 1.807) is 65.8 Å². The molecule has 5 aliphatic heterocycles. The summed E-state index contributed by atoms with van der Waals surface area (Å²) in [6.45, 7) is 11.9. The molecule has 27 nitrogen and oxygen atoms in total. The van der Waals surface area contributed by atoms with Gasteiger partial charge in [-0.15, -0.1) is 11.6 Å². The lowest BCUT2D eigenvalue weighted by Crippen LogP contribution is -2.53. The van der Waals surface area contributed by atoms with E-state index in [9.17, 15) is 68.4 Å². The molecule has 7 aromatic heterocycles. The third kappa shape index (κ3) is 17.7. The topological polar surface area (TPSA) is 386 Å². The summed E-state index contributed by atoms with van der Waals surface area (Å²) in [4.78, 5) is 43.1. The largest absolute Gasteiger partial charge is 0.466 e. The van der Waals surface area contributed by atoms with E-state index in [-0.39, 0.29) is 84.9 Å². The Hall–Kier alpha value is -8.70. The number of rotatable bonds is 14. The maximum absolute atomic E-state index is 13.2. The molecule has 0 amide bonds. The Labute approximate surface area is 642 Å². The van der Waals surface area contributed by atoms with E-state index in [1.165, 1.54) is 62.3 Å². The summed E-state index contributed by atoms with van der Waals surface area (Å²) in [6.07, 6.45) is 3.71. The van der Waals surface area contributed by atoms with Crippen LogP contribution in [-0.4, -0.2) is 134 Å². The Morgan fingerprint density at radius 3 is 1.41 bits per heavy atom. The monoisotopic (exact) mass is 1650 g/mol. The molecule has 5 unspecified atom stereocenters. The molecule has 0 radical (unpaired) electrons. The SMILES string of the molecule is CC1(C)C2CC[C@](C)(C2)C1NS(=O)(=O)C1=NCc2ncccc21.CC[C@H](NS(=O)(=O)C1=NCc2ncccc21)C(F)(F)F.Cc1cc(CNS(=O)(=O)C2=NCc3ncccc32)c(C)o1.O=S(=O)(NC1c2ccccc2CC1Cl)C1=NCc2ncccc21.O=S(=O)(NCC(c1ccc[nH]1)C(F)(F)F)C1=NCc2ncccc21. The molecule has 39 heteroatoms. The number of alkyl halides is 7. The Morgan fingerprint density at radius 2 is 1.00 bits per heavy atom. The first-order valence-corrected chi connectivity index (χ1v) is 42.7. The second-order valence-corrected chi connectivity index (χ2v) is 36.9. The highest BCUT2D eigenvalue weighted by Crippen LogP contribution is 2.62. The van der Waals surface area contributed by atoms with Crippen molar-refractivity contribution in [3.8, 4) is 0 Å². The zero-order valence-electron chi connectivity index (χ0n) is 60.4. The quantitative estimate of drug-likeness (QED) is 0.0435. The van der Waals surface area contributed by atoms with Crippen LogP contribution in [0.25, 0.3) is 0 Å². The van der Waals surface area contributed by atoms with Gasteiger partial charge in [0.1, 0.15) is 23.5 Å². The van der Waals surface area contributed by atoms with E-state index < -0.39 is 93.4 Å². The van der Waals surface area contributed by atoms with Crippen molar-refractivity contribution in [3.05, 3.63) is 231 Å². The molecule has 0 saturated heterocycles. The van der Waals surface area contributed by atoms with Gasteiger partial charge < -0.3 is 9.40 Å². The molecule has 6 N–H and O–H groups in total. The van der Waals surface area contributed by atoms with E-state index in [0.29, 0.717) is 76.2 Å². The zero-order valence-corrected chi connectivity index (χ0v) is 65.2. The average Bonchev–Trinajstić information content (AvgIpc) is 1.56. The van der Waals surface area contributed by atoms with Crippen molar-refractivity contribution in [2.45, 2.75) is 155 Å². The maximum atomic E-state index is 13.2. The smallest absolute Gasteiger partial charge is 0.404 e. The van der Waals surface area contributed by atoms with Gasteiger partial charge in [0, 0.05) is 95.4 Å². The fourth-order valence-corrected chi connectivity index (χ4v) is 22.3. The van der Waals surface area contributed by atoms with E-state index >= 15 is 0 Å². The highest BCUT2D eigenvalue weighted by molar-refractivity contribution is 8.06. The number of pyridine rings is 5. The number of nitrogens with zero attached hydrogens (tertiary/aromatic N) is 10. The van der Waals surface area contributed by atoms with Crippen LogP contribution in [-0.2, 0) is 95.8 Å². The lowest BCUT2D eigenvalue weighted by atomic mass is 9.69. The molecular weight excluding hydrogens is 1570 g/mol. The molecule has 1 aromatic carbocycles. The summed E-state index contributed by atoms with van der Waals surface area (Å²) in [5, 5.41) is -0.709. The molecular formula is C72H77ClF6N16O11S5. The molecule has 0 spiro atoms. The number of aryl methyl sites for hydroxylation is 2. The van der Waals surface area contributed by atoms with Crippen molar-refractivity contribution in [2.24, 2.45) is 41.7 Å². The third-order valence-corrected chi connectivity index (χ3v) is 27.8. The van der Waals surface area contributed by atoms with Crippen LogP contribution in [0.15, 0.2) is 170 Å². The molecule has 8 aromatic rings. The molecule has 2 bridgehead atoms. The number of sulfonamides is 5. The summed E-state index contributed by atoms with van der Waals surface area (Å²) in [5.74, 6) is 0.0948. The van der Waals surface area contributed by atoms with Crippen LogP contribution >= 0.6 is 11.6 Å². The summed E-state index contributed by atoms with van der Waals surface area (Å²) in [6, 6.07) is 26.1. The second kappa shape index (κ2) is 32.1. The predicted octanol–water partition coefficient (Wildman–Crippen LogP) is 9.85. The summed E-state index contributed by atoms with van der Waals surface area (Å²) < 4.78 is 220. The Morgan fingerprint density at radius 1 is 0.559 bits per heavy atom. The van der Waals surface area contributed by atoms with Gasteiger partial charge in [0.2, 0.25) is 0 Å². The minimum Gasteiger partial charge on any atom is -0.466 e. The molecule has 3 aliphatic carbocycles. The standard InChI is InChI=1S/C17H23N3O2S.C16H14ClN3O2S.C14H13F3N4O2S.C14H15N3O3S.C11H12F3N3O2S/c1-16(2)11-6-7-17(3,9-11)15(16)20-23(21,22)14-12-5-4-8-18-13(12)10-19-14;17-13-8-10-4-1-2-5-11(10)15(13)20-23(21,22)16-12-6-3-7-18-14(12)9-19-16;15-14(16,17)10(11-4-2-6-18-11)7-21-24(22,23)13-9-3-1-5-19-12(9)8-20-13;1-9-6-11(10(2)20-9)7-17-21(18,19)14-12-4-3-5-15-13(12)8-16-14;1-2-9(11(12,13)14)17-20(18,19)10-7-4-3-5-15-8(7)6-16-10/h4-5,8,11,15,20H,6-7,9-10H2,1-3H3;1-7,13,15,20H,8-9H2;1-6,10,18,21H,7-8H2;3-6,17H,7-8H2,1-2H3;3-5,9,17H,2,6H2,1H3/t11?,15?,17-;;;;9-/m1...0/s1. The Kier molecular flexibility index (Phi) is 23.6. The van der Waals surface area contributed by atoms with Crippen LogP contribution in [0.5, 0.6) is 0 Å². The number of halogens is 7. The number of benzene rings is 1. The number of aromatic amines is 1. The zero-order chi connectivity index (χ0) is 79.9. The minimum atomic E-state index is -4.64. The van der Waals surface area contributed by atoms with Gasteiger partial charge in [0.15, 0.2) is 25.2 Å². The highest BCUT2D eigenvalue weighted by atomic mass is 35.5. The van der Waals surface area contributed by atoms with Crippen LogP contribution in [0.3, 0.4) is 0 Å². The van der Waals surface area contributed by atoms with Crippen LogP contribution in [0.2, 0.25) is 0 Å². The lowest BCUT2D eigenvalue weighted by molar-refractivity contribution is -0.151.